The van der Waals surface area contributed by atoms with Gasteiger partial charge in [0.05, 0.1) is 12.2 Å². The van der Waals surface area contributed by atoms with Gasteiger partial charge in [0.15, 0.2) is 0 Å². The number of amides is 3. The summed E-state index contributed by atoms with van der Waals surface area (Å²) in [4.78, 5) is 37.4. The Morgan fingerprint density at radius 1 is 0.735 bits per heavy atom. The molecular weight excluding hydrogens is 434 g/mol. The van der Waals surface area contributed by atoms with E-state index in [1.165, 1.54) is 0 Å². The molecule has 8 heteroatoms. The highest BCUT2D eigenvalue weighted by Crippen LogP contribution is 2.18. The maximum absolute atomic E-state index is 12.5. The van der Waals surface area contributed by atoms with Crippen molar-refractivity contribution in [3.05, 3.63) is 95.1 Å². The van der Waals surface area contributed by atoms with Crippen LogP contribution < -0.4 is 20.9 Å². The molecular formula is C26H27N3O5. The minimum atomic E-state index is -0.512. The highest BCUT2D eigenvalue weighted by atomic mass is 16.5. The van der Waals surface area contributed by atoms with Gasteiger partial charge in [-0.15, -0.1) is 0 Å². The topological polar surface area (TPSA) is 106 Å². The van der Waals surface area contributed by atoms with Gasteiger partial charge in [-0.05, 0) is 61.9 Å². The van der Waals surface area contributed by atoms with Gasteiger partial charge >= 0.3 is 0 Å². The van der Waals surface area contributed by atoms with Crippen LogP contribution in [0.1, 0.15) is 43.6 Å². The number of rotatable bonds is 9. The fourth-order valence-electron chi connectivity index (χ4n) is 3.12. The molecule has 0 atom stereocenters. The van der Waals surface area contributed by atoms with Gasteiger partial charge < -0.3 is 14.8 Å². The van der Waals surface area contributed by atoms with E-state index < -0.39 is 11.8 Å². The van der Waals surface area contributed by atoms with Crippen LogP contribution in [0.15, 0.2) is 72.8 Å². The number of benzene rings is 3. The van der Waals surface area contributed by atoms with Gasteiger partial charge in [-0.3, -0.25) is 25.2 Å². The highest BCUT2D eigenvalue weighted by molar-refractivity contribution is 6.05. The van der Waals surface area contributed by atoms with Crippen molar-refractivity contribution in [1.82, 2.24) is 10.9 Å². The van der Waals surface area contributed by atoms with Crippen LogP contribution in [0.25, 0.3) is 0 Å². The molecule has 0 saturated heterocycles. The van der Waals surface area contributed by atoms with E-state index >= 15 is 0 Å². The third-order valence-electron chi connectivity index (χ3n) is 4.91. The van der Waals surface area contributed by atoms with E-state index in [1.54, 1.807) is 60.7 Å². The van der Waals surface area contributed by atoms with Crippen molar-refractivity contribution in [3.63, 3.8) is 0 Å². The van der Waals surface area contributed by atoms with Crippen LogP contribution in [-0.2, 0) is 4.74 Å². The van der Waals surface area contributed by atoms with Gasteiger partial charge in [0, 0.05) is 23.4 Å². The Hall–Kier alpha value is -4.17. The number of aryl methyl sites for hydroxylation is 1. The zero-order valence-corrected chi connectivity index (χ0v) is 19.1. The maximum atomic E-state index is 12.5. The van der Waals surface area contributed by atoms with Crippen molar-refractivity contribution < 1.29 is 23.9 Å². The SMILES string of the molecule is CCOCCOc1ccccc1C(=O)NNC(=O)c1ccc(NC(=O)c2ccccc2C)cc1. The quantitative estimate of drug-likeness (QED) is 0.333. The predicted octanol–water partition coefficient (Wildman–Crippen LogP) is 3.74. The minimum Gasteiger partial charge on any atom is -0.490 e. The van der Waals surface area contributed by atoms with Crippen molar-refractivity contribution in [2.24, 2.45) is 0 Å². The van der Waals surface area contributed by atoms with Crippen LogP contribution in [0.4, 0.5) is 5.69 Å². The van der Waals surface area contributed by atoms with E-state index in [0.29, 0.717) is 42.4 Å². The standard InChI is InChI=1S/C26H27N3O5/c1-3-33-16-17-34-23-11-7-6-10-22(23)26(32)29-28-24(30)19-12-14-20(15-13-19)27-25(31)21-9-5-4-8-18(21)2/h4-15H,3,16-17H2,1-2H3,(H,27,31)(H,28,30)(H,29,32). The third kappa shape index (κ3) is 6.66. The molecule has 176 valence electrons. The number of ether oxygens (including phenoxy) is 2. The number of anilines is 1. The Balaban J connectivity index is 1.55. The Bertz CT molecular complexity index is 1150. The molecule has 0 heterocycles. The first-order chi connectivity index (χ1) is 16.5. The first-order valence-electron chi connectivity index (χ1n) is 10.9. The second-order valence-electron chi connectivity index (χ2n) is 7.30. The first-order valence-corrected chi connectivity index (χ1v) is 10.9. The molecule has 0 bridgehead atoms. The van der Waals surface area contributed by atoms with Crippen molar-refractivity contribution in [2.75, 3.05) is 25.1 Å². The number of hydrogen-bond acceptors (Lipinski definition) is 5. The van der Waals surface area contributed by atoms with E-state index in [9.17, 15) is 14.4 Å². The maximum Gasteiger partial charge on any atom is 0.273 e. The predicted molar refractivity (Wildman–Crippen MR) is 129 cm³/mol. The molecule has 0 aliphatic carbocycles. The highest BCUT2D eigenvalue weighted by Gasteiger charge is 2.14. The molecule has 0 spiro atoms. The molecule has 8 nitrogen and oxygen atoms in total. The monoisotopic (exact) mass is 461 g/mol. The van der Waals surface area contributed by atoms with Gasteiger partial charge in [-0.2, -0.15) is 0 Å². The van der Waals surface area contributed by atoms with E-state index in [4.69, 9.17) is 9.47 Å². The molecule has 0 saturated carbocycles. The Labute approximate surface area is 198 Å². The summed E-state index contributed by atoms with van der Waals surface area (Å²) in [7, 11) is 0. The number of hydrogen-bond donors (Lipinski definition) is 3. The molecule has 3 N–H and O–H groups in total. The second-order valence-corrected chi connectivity index (χ2v) is 7.30. The molecule has 34 heavy (non-hydrogen) atoms. The molecule has 0 aromatic heterocycles. The summed E-state index contributed by atoms with van der Waals surface area (Å²) in [5.41, 5.74) is 7.38. The second kappa shape index (κ2) is 12.2. The average Bonchev–Trinajstić information content (AvgIpc) is 2.86. The summed E-state index contributed by atoms with van der Waals surface area (Å²) in [5.74, 6) is -0.852. The van der Waals surface area contributed by atoms with E-state index in [-0.39, 0.29) is 11.5 Å². The van der Waals surface area contributed by atoms with Gasteiger partial charge in [0.25, 0.3) is 17.7 Å². The molecule has 0 aliphatic rings. The fraction of sp³-hybridized carbons (Fsp3) is 0.192. The summed E-state index contributed by atoms with van der Waals surface area (Å²) >= 11 is 0. The van der Waals surface area contributed by atoms with E-state index in [0.717, 1.165) is 5.56 Å². The van der Waals surface area contributed by atoms with Gasteiger partial charge in [-0.1, -0.05) is 30.3 Å². The number of nitrogens with one attached hydrogen (secondary N) is 3. The number of carbonyl (C=O) groups is 3. The van der Waals surface area contributed by atoms with Crippen molar-refractivity contribution in [2.45, 2.75) is 13.8 Å². The summed E-state index contributed by atoms with van der Waals surface area (Å²) in [6.07, 6.45) is 0. The van der Waals surface area contributed by atoms with Gasteiger partial charge in [0.1, 0.15) is 12.4 Å². The lowest BCUT2D eigenvalue weighted by Gasteiger charge is -2.12. The molecule has 3 amide bonds. The molecule has 0 radical (unpaired) electrons. The van der Waals surface area contributed by atoms with Crippen LogP contribution in [0, 0.1) is 6.92 Å². The van der Waals surface area contributed by atoms with Crippen LogP contribution in [0.5, 0.6) is 5.75 Å². The average molecular weight is 462 g/mol. The lowest BCUT2D eigenvalue weighted by molar-refractivity contribution is 0.0840. The molecule has 3 aromatic rings. The summed E-state index contributed by atoms with van der Waals surface area (Å²) < 4.78 is 10.8. The third-order valence-corrected chi connectivity index (χ3v) is 4.91. The van der Waals surface area contributed by atoms with Gasteiger partial charge in [-0.25, -0.2) is 0 Å². The fourth-order valence-corrected chi connectivity index (χ4v) is 3.12. The van der Waals surface area contributed by atoms with E-state index in [2.05, 4.69) is 16.2 Å². The van der Waals surface area contributed by atoms with E-state index in [1.807, 2.05) is 26.0 Å². The molecule has 3 rings (SSSR count). The molecule has 0 aliphatic heterocycles. The normalized spacial score (nSPS) is 10.3. The van der Waals surface area contributed by atoms with Crippen molar-refractivity contribution in [1.29, 1.82) is 0 Å². The number of carbonyl (C=O) groups excluding carboxylic acids is 3. The summed E-state index contributed by atoms with van der Waals surface area (Å²) in [5, 5.41) is 2.80. The lowest BCUT2D eigenvalue weighted by Crippen LogP contribution is -2.41. The molecule has 0 unspecified atom stereocenters. The largest absolute Gasteiger partial charge is 0.490 e. The summed E-state index contributed by atoms with van der Waals surface area (Å²) in [6.45, 7) is 5.04. The van der Waals surface area contributed by atoms with Crippen LogP contribution in [-0.4, -0.2) is 37.5 Å². The van der Waals surface area contributed by atoms with Crippen LogP contribution in [0.2, 0.25) is 0 Å². The Morgan fingerprint density at radius 3 is 2.09 bits per heavy atom. The zero-order chi connectivity index (χ0) is 24.3. The molecule has 0 fully saturated rings. The lowest BCUT2D eigenvalue weighted by atomic mass is 10.1. The first kappa shape index (κ1) is 24.5. The smallest absolute Gasteiger partial charge is 0.273 e. The number of para-hydroxylation sites is 1. The Morgan fingerprint density at radius 2 is 1.38 bits per heavy atom. The van der Waals surface area contributed by atoms with Crippen LogP contribution in [0.3, 0.4) is 0 Å². The van der Waals surface area contributed by atoms with Crippen LogP contribution >= 0.6 is 0 Å². The Kier molecular flexibility index (Phi) is 8.76. The zero-order valence-electron chi connectivity index (χ0n) is 19.1. The van der Waals surface area contributed by atoms with Crippen molar-refractivity contribution in [3.8, 4) is 5.75 Å². The summed E-state index contributed by atoms with van der Waals surface area (Å²) in [6, 6.07) is 20.4. The minimum absolute atomic E-state index is 0.232. The molecule has 3 aromatic carbocycles. The van der Waals surface area contributed by atoms with Gasteiger partial charge in [0.2, 0.25) is 0 Å². The van der Waals surface area contributed by atoms with Crippen molar-refractivity contribution >= 4 is 23.4 Å². The number of hydrazine groups is 1.